The summed E-state index contributed by atoms with van der Waals surface area (Å²) in [6, 6.07) is 7.76. The highest BCUT2D eigenvalue weighted by Crippen LogP contribution is 2.45. The maximum Gasteiger partial charge on any atom is 0.228 e. The van der Waals surface area contributed by atoms with Crippen LogP contribution in [0.4, 0.5) is 5.69 Å². The molecule has 24 heavy (non-hydrogen) atoms. The summed E-state index contributed by atoms with van der Waals surface area (Å²) in [4.78, 5) is 26.0. The molecule has 0 aliphatic heterocycles. The van der Waals surface area contributed by atoms with Crippen molar-refractivity contribution in [1.29, 1.82) is 0 Å². The average molecular weight is 349 g/mol. The molecule has 0 saturated heterocycles. The van der Waals surface area contributed by atoms with E-state index in [1.54, 1.807) is 11.8 Å². The van der Waals surface area contributed by atoms with Crippen LogP contribution in [0.25, 0.3) is 0 Å². The summed E-state index contributed by atoms with van der Waals surface area (Å²) >= 11 is 1.66. The zero-order valence-corrected chi connectivity index (χ0v) is 15.8. The first kappa shape index (κ1) is 18.8. The predicted molar refractivity (Wildman–Crippen MR) is 99.8 cm³/mol. The lowest BCUT2D eigenvalue weighted by atomic mass is 9.62. The van der Waals surface area contributed by atoms with E-state index in [0.29, 0.717) is 6.42 Å². The number of thioether (sulfide) groups is 1. The highest BCUT2D eigenvalue weighted by molar-refractivity contribution is 7.98. The molecule has 0 radical (unpaired) electrons. The second kappa shape index (κ2) is 7.60. The van der Waals surface area contributed by atoms with Crippen LogP contribution in [0.15, 0.2) is 29.2 Å². The summed E-state index contributed by atoms with van der Waals surface area (Å²) in [6.45, 7) is 6.40. The van der Waals surface area contributed by atoms with Crippen LogP contribution < -0.4 is 11.1 Å². The molecule has 0 aromatic heterocycles. The van der Waals surface area contributed by atoms with Gasteiger partial charge in [-0.2, -0.15) is 0 Å². The lowest BCUT2D eigenvalue weighted by Gasteiger charge is -2.42. The van der Waals surface area contributed by atoms with Crippen LogP contribution >= 0.6 is 11.8 Å². The lowest BCUT2D eigenvalue weighted by Crippen LogP contribution is -2.47. The van der Waals surface area contributed by atoms with Crippen LogP contribution in [0, 0.1) is 23.2 Å². The van der Waals surface area contributed by atoms with Gasteiger partial charge in [0.15, 0.2) is 0 Å². The van der Waals surface area contributed by atoms with E-state index in [-0.39, 0.29) is 35.0 Å². The van der Waals surface area contributed by atoms with E-state index < -0.39 is 0 Å². The van der Waals surface area contributed by atoms with Gasteiger partial charge >= 0.3 is 0 Å². The number of benzene rings is 1. The molecule has 1 fully saturated rings. The maximum atomic E-state index is 13.0. The number of nitrogens with two attached hydrogens (primary N) is 1. The number of carbonyl (C=O) groups excluding carboxylic acids is 2. The predicted octanol–water partition coefficient (Wildman–Crippen LogP) is 3.91. The number of nitrogens with one attached hydrogen (secondary N) is 1. The summed E-state index contributed by atoms with van der Waals surface area (Å²) in [5, 5.41) is 2.99. The van der Waals surface area contributed by atoms with E-state index in [1.807, 2.05) is 30.5 Å². The molecular formula is C19H28N2O2S. The third-order valence-electron chi connectivity index (χ3n) is 5.04. The van der Waals surface area contributed by atoms with E-state index in [4.69, 9.17) is 5.73 Å². The van der Waals surface area contributed by atoms with Crippen molar-refractivity contribution in [1.82, 2.24) is 0 Å². The van der Waals surface area contributed by atoms with Crippen LogP contribution in [0.5, 0.6) is 0 Å². The Bertz CT molecular complexity index is 592. The Morgan fingerprint density at radius 2 is 1.79 bits per heavy atom. The number of anilines is 1. The van der Waals surface area contributed by atoms with Gasteiger partial charge in [-0.05, 0) is 54.7 Å². The Hall–Kier alpha value is -1.49. The summed E-state index contributed by atoms with van der Waals surface area (Å²) in [7, 11) is 0. The minimum Gasteiger partial charge on any atom is -0.369 e. The SMILES string of the molecule is CSc1ccc(NC(=O)C2C(C(N)=O)CCCC2C(C)(C)C)cc1. The number of hydrogen-bond acceptors (Lipinski definition) is 3. The number of hydrogen-bond donors (Lipinski definition) is 2. The summed E-state index contributed by atoms with van der Waals surface area (Å²) in [5.74, 6) is -1.05. The smallest absolute Gasteiger partial charge is 0.228 e. The van der Waals surface area contributed by atoms with Crippen LogP contribution in [0.1, 0.15) is 40.0 Å². The van der Waals surface area contributed by atoms with Gasteiger partial charge in [-0.15, -0.1) is 11.8 Å². The number of rotatable bonds is 4. The Morgan fingerprint density at radius 1 is 1.17 bits per heavy atom. The van der Waals surface area contributed by atoms with Crippen LogP contribution in [0.2, 0.25) is 0 Å². The quantitative estimate of drug-likeness (QED) is 0.810. The van der Waals surface area contributed by atoms with Crippen LogP contribution in [0.3, 0.4) is 0 Å². The van der Waals surface area contributed by atoms with Gasteiger partial charge in [-0.3, -0.25) is 9.59 Å². The number of amides is 2. The normalized spacial score (nSPS) is 24.4. The van der Waals surface area contributed by atoms with E-state index in [0.717, 1.165) is 23.4 Å². The van der Waals surface area contributed by atoms with Gasteiger partial charge < -0.3 is 11.1 Å². The molecule has 1 aliphatic rings. The first-order chi connectivity index (χ1) is 11.2. The highest BCUT2D eigenvalue weighted by Gasteiger charge is 2.45. The highest BCUT2D eigenvalue weighted by atomic mass is 32.2. The van der Waals surface area contributed by atoms with E-state index in [1.165, 1.54) is 0 Å². The fourth-order valence-electron chi connectivity index (χ4n) is 3.75. The number of primary amides is 1. The fourth-order valence-corrected chi connectivity index (χ4v) is 4.16. The monoisotopic (exact) mass is 348 g/mol. The van der Waals surface area contributed by atoms with Crippen molar-refractivity contribution >= 4 is 29.3 Å². The third-order valence-corrected chi connectivity index (χ3v) is 5.78. The molecule has 5 heteroatoms. The van der Waals surface area contributed by atoms with Gasteiger partial charge in [0, 0.05) is 16.5 Å². The third kappa shape index (κ3) is 4.32. The molecule has 4 nitrogen and oxygen atoms in total. The first-order valence-corrected chi connectivity index (χ1v) is 9.70. The van der Waals surface area contributed by atoms with Gasteiger partial charge in [0.05, 0.1) is 5.92 Å². The van der Waals surface area contributed by atoms with E-state index in [2.05, 4.69) is 26.1 Å². The molecular weight excluding hydrogens is 320 g/mol. The van der Waals surface area contributed by atoms with Gasteiger partial charge in [-0.1, -0.05) is 27.2 Å². The van der Waals surface area contributed by atoms with Crippen molar-refractivity contribution < 1.29 is 9.59 Å². The van der Waals surface area contributed by atoms with Crippen LogP contribution in [-0.4, -0.2) is 18.1 Å². The zero-order chi connectivity index (χ0) is 17.9. The molecule has 1 aromatic carbocycles. The van der Waals surface area contributed by atoms with Crippen molar-refractivity contribution in [2.75, 3.05) is 11.6 Å². The topological polar surface area (TPSA) is 72.2 Å². The largest absolute Gasteiger partial charge is 0.369 e. The van der Waals surface area contributed by atoms with Gasteiger partial charge in [0.2, 0.25) is 11.8 Å². The Kier molecular flexibility index (Phi) is 5.97. The van der Waals surface area contributed by atoms with Crippen molar-refractivity contribution in [3.8, 4) is 0 Å². The molecule has 1 saturated carbocycles. The molecule has 3 atom stereocenters. The molecule has 0 bridgehead atoms. The zero-order valence-electron chi connectivity index (χ0n) is 15.0. The molecule has 132 valence electrons. The van der Waals surface area contributed by atoms with Crippen molar-refractivity contribution in [2.24, 2.45) is 28.9 Å². The molecule has 3 unspecified atom stereocenters. The summed E-state index contributed by atoms with van der Waals surface area (Å²) in [6.07, 6.45) is 4.62. The minimum atomic E-state index is -0.381. The van der Waals surface area contributed by atoms with E-state index in [9.17, 15) is 9.59 Å². The Morgan fingerprint density at radius 3 is 2.29 bits per heavy atom. The molecule has 1 aromatic rings. The molecule has 1 aliphatic carbocycles. The average Bonchev–Trinajstić information content (AvgIpc) is 2.53. The molecule has 3 N–H and O–H groups in total. The summed E-state index contributed by atoms with van der Waals surface area (Å²) < 4.78 is 0. The molecule has 0 spiro atoms. The van der Waals surface area contributed by atoms with Gasteiger partial charge in [-0.25, -0.2) is 0 Å². The Labute approximate surface area is 149 Å². The van der Waals surface area contributed by atoms with E-state index >= 15 is 0 Å². The fraction of sp³-hybridized carbons (Fsp3) is 0.579. The molecule has 2 amide bonds. The van der Waals surface area contributed by atoms with Gasteiger partial charge in [0.25, 0.3) is 0 Å². The minimum absolute atomic E-state index is 0.0428. The lowest BCUT2D eigenvalue weighted by molar-refractivity contribution is -0.136. The standard InChI is InChI=1S/C19H28N2O2S/c1-19(2,3)15-7-5-6-14(17(20)22)16(15)18(23)21-12-8-10-13(24-4)11-9-12/h8-11,14-16H,5-7H2,1-4H3,(H2,20,22)(H,21,23). The number of carbonyl (C=O) groups is 2. The second-order valence-corrected chi connectivity index (χ2v) is 8.54. The molecule has 2 rings (SSSR count). The first-order valence-electron chi connectivity index (χ1n) is 8.48. The maximum absolute atomic E-state index is 13.0. The second-order valence-electron chi connectivity index (χ2n) is 7.66. The summed E-state index contributed by atoms with van der Waals surface area (Å²) in [5.41, 5.74) is 6.33. The van der Waals surface area contributed by atoms with Gasteiger partial charge in [0.1, 0.15) is 0 Å². The van der Waals surface area contributed by atoms with Crippen molar-refractivity contribution in [2.45, 2.75) is 44.9 Å². The Balaban J connectivity index is 2.23. The van der Waals surface area contributed by atoms with Crippen LogP contribution in [-0.2, 0) is 9.59 Å². The van der Waals surface area contributed by atoms with Crippen molar-refractivity contribution in [3.63, 3.8) is 0 Å². The molecule has 0 heterocycles. The van der Waals surface area contributed by atoms with Crippen molar-refractivity contribution in [3.05, 3.63) is 24.3 Å².